The highest BCUT2D eigenvalue weighted by atomic mass is 16.5. The summed E-state index contributed by atoms with van der Waals surface area (Å²) >= 11 is 0. The molecule has 2 rings (SSSR count). The van der Waals surface area contributed by atoms with Gasteiger partial charge in [-0.1, -0.05) is 30.3 Å². The van der Waals surface area contributed by atoms with Crippen LogP contribution >= 0.6 is 0 Å². The van der Waals surface area contributed by atoms with E-state index in [-0.39, 0.29) is 18.1 Å². The molecular formula is C17H22N2O4. The summed E-state index contributed by atoms with van der Waals surface area (Å²) in [6.07, 6.45) is 1.40. The number of Topliss-reactive ketones (excluding diaryl/α,β-unsaturated/α-hetero) is 1. The van der Waals surface area contributed by atoms with E-state index in [0.29, 0.717) is 18.4 Å². The van der Waals surface area contributed by atoms with E-state index in [4.69, 9.17) is 10.5 Å². The third-order valence-corrected chi connectivity index (χ3v) is 4.17. The molecule has 0 saturated heterocycles. The fourth-order valence-electron chi connectivity index (χ4n) is 3.02. The molecule has 23 heavy (non-hydrogen) atoms. The van der Waals surface area contributed by atoms with Gasteiger partial charge < -0.3 is 15.8 Å². The van der Waals surface area contributed by atoms with Crippen molar-refractivity contribution >= 4 is 17.6 Å². The fraction of sp³-hybridized carbons (Fsp3) is 0.471. The lowest BCUT2D eigenvalue weighted by Gasteiger charge is -2.29. The summed E-state index contributed by atoms with van der Waals surface area (Å²) in [5.41, 5.74) is 6.13. The van der Waals surface area contributed by atoms with Crippen molar-refractivity contribution in [3.8, 4) is 0 Å². The molecule has 6 heteroatoms. The molecule has 1 aromatic rings. The normalized spacial score (nSPS) is 20.6. The Morgan fingerprint density at radius 1 is 1.30 bits per heavy atom. The zero-order valence-corrected chi connectivity index (χ0v) is 13.2. The van der Waals surface area contributed by atoms with E-state index in [9.17, 15) is 14.4 Å². The summed E-state index contributed by atoms with van der Waals surface area (Å²) in [4.78, 5) is 35.8. The van der Waals surface area contributed by atoms with Crippen LogP contribution in [0.1, 0.15) is 37.4 Å². The van der Waals surface area contributed by atoms with Gasteiger partial charge >= 0.3 is 0 Å². The number of amides is 2. The topological polar surface area (TPSA) is 98.5 Å². The first-order chi connectivity index (χ1) is 11.0. The molecule has 0 aliphatic heterocycles. The minimum atomic E-state index is -0.854. The molecule has 6 nitrogen and oxygen atoms in total. The maximum absolute atomic E-state index is 12.5. The van der Waals surface area contributed by atoms with E-state index in [1.165, 1.54) is 7.11 Å². The molecule has 0 heterocycles. The summed E-state index contributed by atoms with van der Waals surface area (Å²) in [5.74, 6) is -1.19. The van der Waals surface area contributed by atoms with Gasteiger partial charge in [0, 0.05) is 20.0 Å². The van der Waals surface area contributed by atoms with Crippen LogP contribution in [0.15, 0.2) is 30.3 Å². The Kier molecular flexibility index (Phi) is 5.87. The molecule has 3 atom stereocenters. The van der Waals surface area contributed by atoms with Crippen LogP contribution in [-0.4, -0.2) is 30.7 Å². The van der Waals surface area contributed by atoms with Gasteiger partial charge in [-0.2, -0.15) is 0 Å². The number of hydrogen-bond acceptors (Lipinski definition) is 4. The SMILES string of the molecule is CO[C@H](C(=O)N[C@@H](C(N)=O)[C@@H]1CCCC(=O)C1)c1ccccc1. The highest BCUT2D eigenvalue weighted by Gasteiger charge is 2.34. The lowest BCUT2D eigenvalue weighted by molar-refractivity contribution is -0.136. The molecule has 0 bridgehead atoms. The average Bonchev–Trinajstić information content (AvgIpc) is 2.54. The van der Waals surface area contributed by atoms with Crippen LogP contribution in [0, 0.1) is 5.92 Å². The molecule has 3 N–H and O–H groups in total. The van der Waals surface area contributed by atoms with Crippen LogP contribution in [0.5, 0.6) is 0 Å². The van der Waals surface area contributed by atoms with Gasteiger partial charge in [-0.25, -0.2) is 0 Å². The lowest BCUT2D eigenvalue weighted by atomic mass is 9.82. The Morgan fingerprint density at radius 2 is 2.00 bits per heavy atom. The second-order valence-electron chi connectivity index (χ2n) is 5.81. The standard InChI is InChI=1S/C17H22N2O4/c1-23-15(11-6-3-2-4-7-11)17(22)19-14(16(18)21)12-8-5-9-13(20)10-12/h2-4,6-7,12,14-15H,5,8-10H2,1H3,(H2,18,21)(H,19,22)/t12-,14-,15+/m1/s1. The third kappa shape index (κ3) is 4.39. The van der Waals surface area contributed by atoms with Gasteiger partial charge in [0.15, 0.2) is 6.10 Å². The summed E-state index contributed by atoms with van der Waals surface area (Å²) < 4.78 is 5.26. The molecule has 1 fully saturated rings. The van der Waals surface area contributed by atoms with Crippen molar-refractivity contribution in [3.63, 3.8) is 0 Å². The number of nitrogens with two attached hydrogens (primary N) is 1. The maximum atomic E-state index is 12.5. The first-order valence-electron chi connectivity index (χ1n) is 7.72. The number of ether oxygens (including phenoxy) is 1. The fourth-order valence-corrected chi connectivity index (χ4v) is 3.02. The highest BCUT2D eigenvalue weighted by molar-refractivity contribution is 5.90. The van der Waals surface area contributed by atoms with Crippen molar-refractivity contribution in [2.75, 3.05) is 7.11 Å². The van der Waals surface area contributed by atoms with Gasteiger partial charge in [0.05, 0.1) is 0 Å². The van der Waals surface area contributed by atoms with Gasteiger partial charge in [-0.05, 0) is 24.3 Å². The van der Waals surface area contributed by atoms with Gasteiger partial charge in [0.2, 0.25) is 5.91 Å². The summed E-state index contributed by atoms with van der Waals surface area (Å²) in [5, 5.41) is 2.67. The molecule has 0 radical (unpaired) electrons. The molecule has 1 aliphatic rings. The second-order valence-corrected chi connectivity index (χ2v) is 5.81. The van der Waals surface area contributed by atoms with Crippen molar-refractivity contribution in [2.45, 2.75) is 37.8 Å². The van der Waals surface area contributed by atoms with E-state index in [2.05, 4.69) is 5.32 Å². The lowest BCUT2D eigenvalue weighted by Crippen LogP contribution is -2.51. The first-order valence-corrected chi connectivity index (χ1v) is 7.72. The number of methoxy groups -OCH3 is 1. The van der Waals surface area contributed by atoms with Crippen molar-refractivity contribution in [3.05, 3.63) is 35.9 Å². The van der Waals surface area contributed by atoms with Crippen LogP contribution in [-0.2, 0) is 19.1 Å². The Hall–Kier alpha value is -2.21. The summed E-state index contributed by atoms with van der Waals surface area (Å²) in [7, 11) is 1.43. The molecule has 1 aliphatic carbocycles. The smallest absolute Gasteiger partial charge is 0.254 e. The molecule has 2 amide bonds. The second kappa shape index (κ2) is 7.87. The molecule has 1 aromatic carbocycles. The predicted molar refractivity (Wildman–Crippen MR) is 84.3 cm³/mol. The largest absolute Gasteiger partial charge is 0.368 e. The maximum Gasteiger partial charge on any atom is 0.254 e. The van der Waals surface area contributed by atoms with Crippen molar-refractivity contribution in [1.82, 2.24) is 5.32 Å². The van der Waals surface area contributed by atoms with Crippen molar-refractivity contribution in [2.24, 2.45) is 11.7 Å². The minimum absolute atomic E-state index is 0.105. The van der Waals surface area contributed by atoms with E-state index < -0.39 is 24.0 Å². The van der Waals surface area contributed by atoms with Crippen LogP contribution in [0.3, 0.4) is 0 Å². The molecule has 0 unspecified atom stereocenters. The van der Waals surface area contributed by atoms with Crippen molar-refractivity contribution < 1.29 is 19.1 Å². The number of nitrogens with one attached hydrogen (secondary N) is 1. The zero-order valence-electron chi connectivity index (χ0n) is 13.2. The van der Waals surface area contributed by atoms with E-state index in [1.807, 2.05) is 6.07 Å². The monoisotopic (exact) mass is 318 g/mol. The first kappa shape index (κ1) is 17.1. The van der Waals surface area contributed by atoms with E-state index >= 15 is 0 Å². The number of carbonyl (C=O) groups excluding carboxylic acids is 3. The number of rotatable bonds is 6. The Balaban J connectivity index is 2.10. The number of primary amides is 1. The molecule has 0 spiro atoms. The van der Waals surface area contributed by atoms with Crippen LogP contribution in [0.25, 0.3) is 0 Å². The van der Waals surface area contributed by atoms with Crippen LogP contribution < -0.4 is 11.1 Å². The van der Waals surface area contributed by atoms with Crippen LogP contribution in [0.2, 0.25) is 0 Å². The Morgan fingerprint density at radius 3 is 2.57 bits per heavy atom. The molecule has 0 aromatic heterocycles. The van der Waals surface area contributed by atoms with Gasteiger partial charge in [0.1, 0.15) is 11.8 Å². The third-order valence-electron chi connectivity index (χ3n) is 4.17. The van der Waals surface area contributed by atoms with Gasteiger partial charge in [-0.3, -0.25) is 14.4 Å². The van der Waals surface area contributed by atoms with E-state index in [1.54, 1.807) is 24.3 Å². The number of carbonyl (C=O) groups is 3. The zero-order chi connectivity index (χ0) is 16.8. The van der Waals surface area contributed by atoms with Gasteiger partial charge in [0.25, 0.3) is 5.91 Å². The minimum Gasteiger partial charge on any atom is -0.368 e. The summed E-state index contributed by atoms with van der Waals surface area (Å²) in [6, 6.07) is 8.15. The van der Waals surface area contributed by atoms with Crippen LogP contribution in [0.4, 0.5) is 0 Å². The van der Waals surface area contributed by atoms with Gasteiger partial charge in [-0.15, -0.1) is 0 Å². The summed E-state index contributed by atoms with van der Waals surface area (Å²) in [6.45, 7) is 0. The van der Waals surface area contributed by atoms with E-state index in [0.717, 1.165) is 6.42 Å². The number of benzene rings is 1. The predicted octanol–water partition coefficient (Wildman–Crippen LogP) is 1.10. The number of ketones is 1. The molecule has 1 saturated carbocycles. The Labute approximate surface area is 135 Å². The quantitative estimate of drug-likeness (QED) is 0.820. The molecule has 124 valence electrons. The highest BCUT2D eigenvalue weighted by Crippen LogP contribution is 2.25. The number of hydrogen-bond donors (Lipinski definition) is 2. The molecular weight excluding hydrogens is 296 g/mol. The Bertz CT molecular complexity index is 573. The average molecular weight is 318 g/mol. The van der Waals surface area contributed by atoms with Crippen molar-refractivity contribution in [1.29, 1.82) is 0 Å².